The Morgan fingerprint density at radius 3 is 2.57 bits per heavy atom. The SMILES string of the molecule is CC1(NC(=O)CNC(=O)c2ccccc2)CCCCC1C(=O)O. The van der Waals surface area contributed by atoms with Crippen LogP contribution in [0.1, 0.15) is 43.0 Å². The van der Waals surface area contributed by atoms with Crippen LogP contribution in [0.4, 0.5) is 0 Å². The molecular weight excluding hydrogens is 296 g/mol. The molecule has 2 rings (SSSR count). The largest absolute Gasteiger partial charge is 0.481 e. The highest BCUT2D eigenvalue weighted by atomic mass is 16.4. The number of amides is 2. The van der Waals surface area contributed by atoms with Gasteiger partial charge in [0.05, 0.1) is 18.0 Å². The molecule has 1 fully saturated rings. The van der Waals surface area contributed by atoms with Crippen molar-refractivity contribution < 1.29 is 19.5 Å². The van der Waals surface area contributed by atoms with Gasteiger partial charge in [-0.05, 0) is 31.9 Å². The van der Waals surface area contributed by atoms with E-state index in [1.807, 2.05) is 0 Å². The van der Waals surface area contributed by atoms with E-state index in [-0.39, 0.29) is 18.4 Å². The van der Waals surface area contributed by atoms with Crippen molar-refractivity contribution in [2.75, 3.05) is 6.54 Å². The van der Waals surface area contributed by atoms with Gasteiger partial charge in [0.1, 0.15) is 0 Å². The summed E-state index contributed by atoms with van der Waals surface area (Å²) in [5, 5.41) is 14.7. The molecule has 1 aromatic rings. The van der Waals surface area contributed by atoms with Crippen molar-refractivity contribution in [1.82, 2.24) is 10.6 Å². The van der Waals surface area contributed by atoms with E-state index in [0.29, 0.717) is 18.4 Å². The maximum atomic E-state index is 12.1. The van der Waals surface area contributed by atoms with Crippen molar-refractivity contribution in [3.63, 3.8) is 0 Å². The number of hydrogen-bond donors (Lipinski definition) is 3. The van der Waals surface area contributed by atoms with Gasteiger partial charge in [-0.15, -0.1) is 0 Å². The third kappa shape index (κ3) is 4.31. The fraction of sp³-hybridized carbons (Fsp3) is 0.471. The molecule has 1 aliphatic rings. The highest BCUT2D eigenvalue weighted by molar-refractivity contribution is 5.96. The van der Waals surface area contributed by atoms with E-state index in [2.05, 4.69) is 10.6 Å². The lowest BCUT2D eigenvalue weighted by atomic mass is 9.74. The van der Waals surface area contributed by atoms with E-state index in [9.17, 15) is 19.5 Å². The maximum Gasteiger partial charge on any atom is 0.308 e. The van der Waals surface area contributed by atoms with Crippen LogP contribution in [-0.2, 0) is 9.59 Å². The van der Waals surface area contributed by atoms with Crippen LogP contribution < -0.4 is 10.6 Å². The molecule has 0 bridgehead atoms. The third-order valence-electron chi connectivity index (χ3n) is 4.38. The van der Waals surface area contributed by atoms with Gasteiger partial charge < -0.3 is 15.7 Å². The van der Waals surface area contributed by atoms with Crippen molar-refractivity contribution in [2.45, 2.75) is 38.1 Å². The van der Waals surface area contributed by atoms with Crippen LogP contribution in [0, 0.1) is 5.92 Å². The van der Waals surface area contributed by atoms with Crippen LogP contribution >= 0.6 is 0 Å². The lowest BCUT2D eigenvalue weighted by molar-refractivity contribution is -0.146. The topological polar surface area (TPSA) is 95.5 Å². The van der Waals surface area contributed by atoms with Gasteiger partial charge in [-0.3, -0.25) is 14.4 Å². The standard InChI is InChI=1S/C17H22N2O4/c1-17(10-6-5-9-13(17)16(22)23)19-14(20)11-18-15(21)12-7-3-2-4-8-12/h2-4,7-8,13H,5-6,9-11H2,1H3,(H,18,21)(H,19,20)(H,22,23). The molecule has 2 amide bonds. The number of carbonyl (C=O) groups is 3. The molecule has 124 valence electrons. The summed E-state index contributed by atoms with van der Waals surface area (Å²) in [6.45, 7) is 1.59. The minimum atomic E-state index is -0.888. The molecule has 1 aromatic carbocycles. The van der Waals surface area contributed by atoms with Crippen molar-refractivity contribution in [3.8, 4) is 0 Å². The maximum absolute atomic E-state index is 12.1. The van der Waals surface area contributed by atoms with Gasteiger partial charge in [-0.25, -0.2) is 0 Å². The summed E-state index contributed by atoms with van der Waals surface area (Å²) in [5.41, 5.74) is -0.286. The molecular formula is C17H22N2O4. The number of carboxylic acids is 1. The first-order valence-electron chi connectivity index (χ1n) is 7.79. The Balaban J connectivity index is 1.91. The summed E-state index contributed by atoms with van der Waals surface area (Å²) in [7, 11) is 0. The van der Waals surface area contributed by atoms with E-state index < -0.39 is 17.4 Å². The second-order valence-corrected chi connectivity index (χ2v) is 6.15. The van der Waals surface area contributed by atoms with Gasteiger partial charge in [-0.1, -0.05) is 31.0 Å². The molecule has 2 unspecified atom stereocenters. The predicted molar refractivity (Wildman–Crippen MR) is 84.9 cm³/mol. The van der Waals surface area contributed by atoms with Crippen molar-refractivity contribution >= 4 is 17.8 Å². The zero-order valence-corrected chi connectivity index (χ0v) is 13.2. The fourth-order valence-corrected chi connectivity index (χ4v) is 3.09. The van der Waals surface area contributed by atoms with E-state index in [4.69, 9.17) is 0 Å². The van der Waals surface area contributed by atoms with Crippen molar-refractivity contribution in [3.05, 3.63) is 35.9 Å². The Hall–Kier alpha value is -2.37. The first-order chi connectivity index (χ1) is 10.9. The quantitative estimate of drug-likeness (QED) is 0.768. The Labute approximate surface area is 135 Å². The minimum absolute atomic E-state index is 0.171. The predicted octanol–water partition coefficient (Wildman–Crippen LogP) is 1.57. The number of carboxylic acid groups (broad SMARTS) is 1. The second kappa shape index (κ2) is 7.26. The Kier molecular flexibility index (Phi) is 5.36. The Bertz CT molecular complexity index is 588. The average molecular weight is 318 g/mol. The smallest absolute Gasteiger partial charge is 0.308 e. The monoisotopic (exact) mass is 318 g/mol. The molecule has 0 radical (unpaired) electrons. The molecule has 1 aliphatic carbocycles. The van der Waals surface area contributed by atoms with Gasteiger partial charge >= 0.3 is 5.97 Å². The number of hydrogen-bond acceptors (Lipinski definition) is 3. The minimum Gasteiger partial charge on any atom is -0.481 e. The first-order valence-corrected chi connectivity index (χ1v) is 7.79. The zero-order chi connectivity index (χ0) is 16.9. The van der Waals surface area contributed by atoms with Crippen molar-refractivity contribution in [2.24, 2.45) is 5.92 Å². The van der Waals surface area contributed by atoms with Crippen LogP contribution in [0.3, 0.4) is 0 Å². The molecule has 0 spiro atoms. The summed E-state index contributed by atoms with van der Waals surface area (Å²) in [4.78, 5) is 35.4. The van der Waals surface area contributed by atoms with E-state index >= 15 is 0 Å². The summed E-state index contributed by atoms with van der Waals surface area (Å²) >= 11 is 0. The summed E-state index contributed by atoms with van der Waals surface area (Å²) < 4.78 is 0. The molecule has 23 heavy (non-hydrogen) atoms. The Morgan fingerprint density at radius 2 is 1.91 bits per heavy atom. The zero-order valence-electron chi connectivity index (χ0n) is 13.2. The molecule has 6 heteroatoms. The molecule has 0 aromatic heterocycles. The van der Waals surface area contributed by atoms with Gasteiger partial charge in [0.15, 0.2) is 0 Å². The molecule has 0 saturated heterocycles. The summed E-state index contributed by atoms with van der Waals surface area (Å²) in [6, 6.07) is 8.62. The number of benzene rings is 1. The van der Waals surface area contributed by atoms with E-state index in [1.165, 1.54) is 0 Å². The second-order valence-electron chi connectivity index (χ2n) is 6.15. The fourth-order valence-electron chi connectivity index (χ4n) is 3.09. The molecule has 0 aliphatic heterocycles. The van der Waals surface area contributed by atoms with Gasteiger partial charge in [-0.2, -0.15) is 0 Å². The Morgan fingerprint density at radius 1 is 1.22 bits per heavy atom. The van der Waals surface area contributed by atoms with Crippen molar-refractivity contribution in [1.29, 1.82) is 0 Å². The van der Waals surface area contributed by atoms with Gasteiger partial charge in [0.2, 0.25) is 5.91 Å². The van der Waals surface area contributed by atoms with Crippen LogP contribution in [-0.4, -0.2) is 35.0 Å². The van der Waals surface area contributed by atoms with Crippen LogP contribution in [0.2, 0.25) is 0 Å². The molecule has 1 saturated carbocycles. The lowest BCUT2D eigenvalue weighted by Gasteiger charge is -2.39. The first kappa shape index (κ1) is 17.0. The van der Waals surface area contributed by atoms with Crippen LogP contribution in [0.5, 0.6) is 0 Å². The summed E-state index contributed by atoms with van der Waals surface area (Å²) in [5.74, 6) is -2.18. The van der Waals surface area contributed by atoms with E-state index in [1.54, 1.807) is 37.3 Å². The van der Waals surface area contributed by atoms with Gasteiger partial charge in [0, 0.05) is 5.56 Å². The number of rotatable bonds is 5. The molecule has 0 heterocycles. The third-order valence-corrected chi connectivity index (χ3v) is 4.38. The van der Waals surface area contributed by atoms with E-state index in [0.717, 1.165) is 12.8 Å². The van der Waals surface area contributed by atoms with Crippen LogP contribution in [0.25, 0.3) is 0 Å². The normalized spacial score (nSPS) is 23.8. The lowest BCUT2D eigenvalue weighted by Crippen LogP contribution is -2.57. The average Bonchev–Trinajstić information content (AvgIpc) is 2.53. The van der Waals surface area contributed by atoms with Crippen LogP contribution in [0.15, 0.2) is 30.3 Å². The molecule has 3 N–H and O–H groups in total. The number of carbonyl (C=O) groups excluding carboxylic acids is 2. The number of aliphatic carboxylic acids is 1. The van der Waals surface area contributed by atoms with Gasteiger partial charge in [0.25, 0.3) is 5.91 Å². The summed E-state index contributed by atoms with van der Waals surface area (Å²) in [6.07, 6.45) is 2.93. The molecule has 6 nitrogen and oxygen atoms in total. The highest BCUT2D eigenvalue weighted by Gasteiger charge is 2.42. The molecule has 2 atom stereocenters. The number of nitrogens with one attached hydrogen (secondary N) is 2. The highest BCUT2D eigenvalue weighted by Crippen LogP contribution is 2.33.